The Morgan fingerprint density at radius 1 is 1.41 bits per heavy atom. The van der Waals surface area contributed by atoms with E-state index in [1.807, 2.05) is 33.8 Å². The first-order valence-electron chi connectivity index (χ1n) is 9.19. The van der Waals surface area contributed by atoms with E-state index in [0.29, 0.717) is 55.6 Å². The first kappa shape index (κ1) is 21.6. The van der Waals surface area contributed by atoms with Crippen molar-refractivity contribution in [3.63, 3.8) is 0 Å². The number of nitrogens with one attached hydrogen (secondary N) is 1. The Hall–Kier alpha value is -2.14. The number of carbonyl (C=O) groups is 1. The molecule has 1 aromatic carbocycles. The van der Waals surface area contributed by atoms with Gasteiger partial charge in [-0.25, -0.2) is 14.6 Å². The van der Waals surface area contributed by atoms with Gasteiger partial charge in [-0.2, -0.15) is 5.10 Å². The number of rotatable bonds is 6. The standard InChI is InChI=1S/C19H22ClIN6O2/c1-5-23-19(28)13-9(3)12(20)7-11(15(13)29-6-2)10(4)27-18-14(16(21)26-27)17(22)24-8-25-18/h7-8,10H,5-6H2,1-4H3,(H,23,28)(H2,22,24,25). The molecule has 29 heavy (non-hydrogen) atoms. The van der Waals surface area contributed by atoms with Gasteiger partial charge >= 0.3 is 0 Å². The molecule has 1 amide bonds. The van der Waals surface area contributed by atoms with Crippen LogP contribution in [0.1, 0.15) is 48.3 Å². The summed E-state index contributed by atoms with van der Waals surface area (Å²) in [7, 11) is 0. The van der Waals surface area contributed by atoms with Gasteiger partial charge in [0, 0.05) is 17.1 Å². The number of nitrogen functional groups attached to an aromatic ring is 1. The molecule has 0 radical (unpaired) electrons. The second kappa shape index (κ2) is 8.70. The third-order valence-electron chi connectivity index (χ3n) is 4.65. The van der Waals surface area contributed by atoms with Crippen molar-refractivity contribution in [2.45, 2.75) is 33.7 Å². The largest absolute Gasteiger partial charge is 0.493 e. The zero-order valence-electron chi connectivity index (χ0n) is 16.6. The number of carbonyl (C=O) groups excluding carboxylic acids is 1. The third-order valence-corrected chi connectivity index (χ3v) is 5.80. The number of hydrogen-bond donors (Lipinski definition) is 2. The number of halogens is 2. The van der Waals surface area contributed by atoms with Crippen molar-refractivity contribution in [2.24, 2.45) is 0 Å². The molecule has 3 N–H and O–H groups in total. The van der Waals surface area contributed by atoms with E-state index < -0.39 is 0 Å². The molecule has 0 spiro atoms. The molecule has 0 aliphatic heterocycles. The fourth-order valence-corrected chi connectivity index (χ4v) is 4.19. The van der Waals surface area contributed by atoms with Gasteiger partial charge in [-0.1, -0.05) is 11.6 Å². The van der Waals surface area contributed by atoms with E-state index in [9.17, 15) is 4.79 Å². The SMILES string of the molecule is CCNC(=O)c1c(C)c(Cl)cc(C(C)n2nc(I)c3c(N)ncnc32)c1OCC. The number of ether oxygens (including phenoxy) is 1. The molecule has 154 valence electrons. The van der Waals surface area contributed by atoms with Gasteiger partial charge in [0.1, 0.15) is 21.6 Å². The summed E-state index contributed by atoms with van der Waals surface area (Å²) in [5.74, 6) is 0.636. The van der Waals surface area contributed by atoms with Crippen LogP contribution in [0.25, 0.3) is 11.0 Å². The van der Waals surface area contributed by atoms with Gasteiger partial charge in [0.2, 0.25) is 0 Å². The van der Waals surface area contributed by atoms with Crippen molar-refractivity contribution in [1.29, 1.82) is 0 Å². The summed E-state index contributed by atoms with van der Waals surface area (Å²) < 4.78 is 8.38. The maximum Gasteiger partial charge on any atom is 0.255 e. The van der Waals surface area contributed by atoms with Crippen molar-refractivity contribution in [3.05, 3.63) is 37.8 Å². The Bertz CT molecular complexity index is 1080. The lowest BCUT2D eigenvalue weighted by Gasteiger charge is -2.22. The first-order chi connectivity index (χ1) is 13.8. The second-order valence-corrected chi connectivity index (χ2v) is 7.87. The van der Waals surface area contributed by atoms with Gasteiger partial charge in [0.25, 0.3) is 5.91 Å². The molecular formula is C19H22ClIN6O2. The lowest BCUT2D eigenvalue weighted by Crippen LogP contribution is -2.25. The summed E-state index contributed by atoms with van der Waals surface area (Å²) in [5, 5.41) is 8.63. The molecule has 10 heteroatoms. The fraction of sp³-hybridized carbons (Fsp3) is 0.368. The van der Waals surface area contributed by atoms with Gasteiger partial charge in [-0.3, -0.25) is 4.79 Å². The normalized spacial score (nSPS) is 12.2. The van der Waals surface area contributed by atoms with Crippen LogP contribution in [-0.2, 0) is 0 Å². The minimum absolute atomic E-state index is 0.226. The van der Waals surface area contributed by atoms with Crippen molar-refractivity contribution < 1.29 is 9.53 Å². The predicted octanol–water partition coefficient (Wildman–Crippen LogP) is 3.73. The molecule has 0 bridgehead atoms. The molecule has 1 atom stereocenters. The molecule has 0 aliphatic carbocycles. The highest BCUT2D eigenvalue weighted by atomic mass is 127. The van der Waals surface area contributed by atoms with Crippen molar-refractivity contribution in [2.75, 3.05) is 18.9 Å². The minimum atomic E-state index is -0.317. The lowest BCUT2D eigenvalue weighted by molar-refractivity contribution is 0.0951. The van der Waals surface area contributed by atoms with Gasteiger partial charge in [0.05, 0.1) is 23.6 Å². The number of anilines is 1. The Morgan fingerprint density at radius 3 is 2.79 bits per heavy atom. The molecule has 0 fully saturated rings. The summed E-state index contributed by atoms with van der Waals surface area (Å²) >= 11 is 8.61. The fourth-order valence-electron chi connectivity index (χ4n) is 3.23. The Kier molecular flexibility index (Phi) is 6.47. The maximum absolute atomic E-state index is 12.8. The molecule has 0 saturated heterocycles. The second-order valence-electron chi connectivity index (χ2n) is 6.44. The minimum Gasteiger partial charge on any atom is -0.493 e. The number of aromatic nitrogens is 4. The number of nitrogens with two attached hydrogens (primary N) is 1. The number of hydrogen-bond acceptors (Lipinski definition) is 6. The molecule has 1 unspecified atom stereocenters. The highest BCUT2D eigenvalue weighted by molar-refractivity contribution is 14.1. The van der Waals surface area contributed by atoms with Crippen LogP contribution in [0.2, 0.25) is 5.02 Å². The van der Waals surface area contributed by atoms with Crippen LogP contribution in [0.3, 0.4) is 0 Å². The van der Waals surface area contributed by atoms with Gasteiger partial charge in [-0.15, -0.1) is 0 Å². The molecule has 0 aliphatic rings. The molecule has 2 aromatic heterocycles. The van der Waals surface area contributed by atoms with E-state index in [1.54, 1.807) is 4.68 Å². The van der Waals surface area contributed by atoms with Crippen LogP contribution in [-0.4, -0.2) is 38.8 Å². The van der Waals surface area contributed by atoms with Crippen LogP contribution in [0.4, 0.5) is 5.82 Å². The Morgan fingerprint density at radius 2 is 2.14 bits per heavy atom. The zero-order chi connectivity index (χ0) is 21.3. The summed E-state index contributed by atoms with van der Waals surface area (Å²) in [6.07, 6.45) is 1.41. The predicted molar refractivity (Wildman–Crippen MR) is 122 cm³/mol. The van der Waals surface area contributed by atoms with E-state index in [-0.39, 0.29) is 11.9 Å². The topological polar surface area (TPSA) is 108 Å². The Balaban J connectivity index is 2.25. The summed E-state index contributed by atoms with van der Waals surface area (Å²) in [6.45, 7) is 8.40. The quantitative estimate of drug-likeness (QED) is 0.472. The van der Waals surface area contributed by atoms with Crippen molar-refractivity contribution in [3.8, 4) is 5.75 Å². The van der Waals surface area contributed by atoms with Crippen LogP contribution in [0.5, 0.6) is 5.75 Å². The molecule has 8 nitrogen and oxygen atoms in total. The smallest absolute Gasteiger partial charge is 0.255 e. The van der Waals surface area contributed by atoms with E-state index in [0.717, 1.165) is 5.56 Å². The van der Waals surface area contributed by atoms with Crippen LogP contribution < -0.4 is 15.8 Å². The summed E-state index contributed by atoms with van der Waals surface area (Å²) in [5.41, 5.74) is 8.47. The van der Waals surface area contributed by atoms with Crippen LogP contribution in [0.15, 0.2) is 12.4 Å². The zero-order valence-corrected chi connectivity index (χ0v) is 19.5. The first-order valence-corrected chi connectivity index (χ1v) is 10.7. The molecule has 3 rings (SSSR count). The van der Waals surface area contributed by atoms with Crippen LogP contribution >= 0.6 is 34.2 Å². The summed E-state index contributed by atoms with van der Waals surface area (Å²) in [4.78, 5) is 21.2. The molecule has 0 saturated carbocycles. The highest BCUT2D eigenvalue weighted by Gasteiger charge is 2.27. The van der Waals surface area contributed by atoms with E-state index in [1.165, 1.54) is 6.33 Å². The molecule has 3 aromatic rings. The summed E-state index contributed by atoms with van der Waals surface area (Å²) in [6, 6.07) is 1.50. The van der Waals surface area contributed by atoms with Gasteiger partial charge < -0.3 is 15.8 Å². The van der Waals surface area contributed by atoms with Crippen molar-refractivity contribution in [1.82, 2.24) is 25.1 Å². The van der Waals surface area contributed by atoms with Gasteiger partial charge in [-0.05, 0) is 61.9 Å². The number of fused-ring (bicyclic) bond motifs is 1. The third kappa shape index (κ3) is 3.85. The number of nitrogens with zero attached hydrogens (tertiary/aromatic N) is 4. The Labute approximate surface area is 187 Å². The van der Waals surface area contributed by atoms with Crippen LogP contribution in [0, 0.1) is 10.6 Å². The van der Waals surface area contributed by atoms with Gasteiger partial charge in [0.15, 0.2) is 5.65 Å². The maximum atomic E-state index is 12.8. The number of amides is 1. The average Bonchev–Trinajstić information content (AvgIpc) is 3.02. The highest BCUT2D eigenvalue weighted by Crippen LogP contribution is 2.38. The number of benzene rings is 1. The lowest BCUT2D eigenvalue weighted by atomic mass is 9.98. The molecule has 2 heterocycles. The monoisotopic (exact) mass is 528 g/mol. The van der Waals surface area contributed by atoms with E-state index in [2.05, 4.69) is 43.0 Å². The molecular weight excluding hydrogens is 507 g/mol. The van der Waals surface area contributed by atoms with E-state index >= 15 is 0 Å². The average molecular weight is 529 g/mol. The van der Waals surface area contributed by atoms with E-state index in [4.69, 9.17) is 22.1 Å². The van der Waals surface area contributed by atoms with Crippen molar-refractivity contribution >= 4 is 57.0 Å².